The maximum Gasteiger partial charge on any atom is 0.325 e. The van der Waals surface area contributed by atoms with Crippen molar-refractivity contribution in [3.63, 3.8) is 0 Å². The lowest BCUT2D eigenvalue weighted by molar-refractivity contribution is -0.121. The summed E-state index contributed by atoms with van der Waals surface area (Å²) < 4.78 is 10.9. The van der Waals surface area contributed by atoms with E-state index in [4.69, 9.17) is 9.47 Å². The SMILES string of the molecule is CCCCCN(CC(=O)NC(=O)Nc1ccc2c(c1)OCCO2)C(C)C. The van der Waals surface area contributed by atoms with Gasteiger partial charge in [0.1, 0.15) is 13.2 Å². The zero-order valence-electron chi connectivity index (χ0n) is 15.8. The van der Waals surface area contributed by atoms with Gasteiger partial charge in [0.25, 0.3) is 0 Å². The molecule has 1 aromatic rings. The van der Waals surface area contributed by atoms with Gasteiger partial charge in [-0.1, -0.05) is 19.8 Å². The summed E-state index contributed by atoms with van der Waals surface area (Å²) in [5, 5.41) is 5.03. The fraction of sp³-hybridized carbons (Fsp3) is 0.579. The maximum absolute atomic E-state index is 12.2. The molecule has 3 amide bonds. The molecule has 0 aliphatic carbocycles. The van der Waals surface area contributed by atoms with Gasteiger partial charge in [0.05, 0.1) is 6.54 Å². The van der Waals surface area contributed by atoms with E-state index in [1.54, 1.807) is 18.2 Å². The van der Waals surface area contributed by atoms with Gasteiger partial charge >= 0.3 is 6.03 Å². The zero-order chi connectivity index (χ0) is 18.9. The molecule has 1 aromatic carbocycles. The molecular weight excluding hydrogens is 334 g/mol. The second kappa shape index (κ2) is 10.0. The summed E-state index contributed by atoms with van der Waals surface area (Å²) >= 11 is 0. The summed E-state index contributed by atoms with van der Waals surface area (Å²) in [6.45, 7) is 8.29. The number of hydrogen-bond acceptors (Lipinski definition) is 5. The zero-order valence-corrected chi connectivity index (χ0v) is 15.8. The smallest absolute Gasteiger partial charge is 0.325 e. The van der Waals surface area contributed by atoms with Gasteiger partial charge in [0.15, 0.2) is 11.5 Å². The van der Waals surface area contributed by atoms with E-state index in [2.05, 4.69) is 36.3 Å². The number of hydrogen-bond donors (Lipinski definition) is 2. The van der Waals surface area contributed by atoms with Crippen LogP contribution >= 0.6 is 0 Å². The number of fused-ring (bicyclic) bond motifs is 1. The molecule has 0 saturated carbocycles. The van der Waals surface area contributed by atoms with Gasteiger partial charge in [-0.2, -0.15) is 0 Å². The quantitative estimate of drug-likeness (QED) is 0.694. The highest BCUT2D eigenvalue weighted by Gasteiger charge is 2.17. The van der Waals surface area contributed by atoms with Crippen LogP contribution in [0.25, 0.3) is 0 Å². The number of amides is 3. The van der Waals surface area contributed by atoms with E-state index < -0.39 is 6.03 Å². The predicted molar refractivity (Wildman–Crippen MR) is 101 cm³/mol. The van der Waals surface area contributed by atoms with Crippen molar-refractivity contribution in [2.75, 3.05) is 31.6 Å². The predicted octanol–water partition coefficient (Wildman–Crippen LogP) is 3.01. The van der Waals surface area contributed by atoms with Crippen LogP contribution in [-0.2, 0) is 4.79 Å². The molecule has 0 saturated heterocycles. The summed E-state index contributed by atoms with van der Waals surface area (Å²) in [7, 11) is 0. The third-order valence-corrected chi connectivity index (χ3v) is 4.18. The van der Waals surface area contributed by atoms with Crippen LogP contribution < -0.4 is 20.1 Å². The Morgan fingerprint density at radius 1 is 1.15 bits per heavy atom. The van der Waals surface area contributed by atoms with E-state index in [1.807, 2.05) is 0 Å². The molecular formula is C19H29N3O4. The van der Waals surface area contributed by atoms with Crippen molar-refractivity contribution in [1.82, 2.24) is 10.2 Å². The third kappa shape index (κ3) is 6.22. The highest BCUT2D eigenvalue weighted by atomic mass is 16.6. The minimum Gasteiger partial charge on any atom is -0.486 e. The normalized spacial score (nSPS) is 13.0. The van der Waals surface area contributed by atoms with Gasteiger partial charge in [0.2, 0.25) is 5.91 Å². The lowest BCUT2D eigenvalue weighted by Gasteiger charge is -2.25. The first-order valence-corrected chi connectivity index (χ1v) is 9.24. The summed E-state index contributed by atoms with van der Waals surface area (Å²) in [4.78, 5) is 26.3. The molecule has 0 fully saturated rings. The number of anilines is 1. The van der Waals surface area contributed by atoms with Crippen molar-refractivity contribution in [2.24, 2.45) is 0 Å². The molecule has 0 spiro atoms. The summed E-state index contributed by atoms with van der Waals surface area (Å²) in [5.74, 6) is 0.922. The lowest BCUT2D eigenvalue weighted by atomic mass is 10.2. The molecule has 144 valence electrons. The minimum atomic E-state index is -0.552. The van der Waals surface area contributed by atoms with Crippen molar-refractivity contribution in [1.29, 1.82) is 0 Å². The van der Waals surface area contributed by atoms with Crippen LogP contribution in [0, 0.1) is 0 Å². The molecule has 1 heterocycles. The van der Waals surface area contributed by atoms with Crippen molar-refractivity contribution in [2.45, 2.75) is 46.1 Å². The van der Waals surface area contributed by atoms with Crippen LogP contribution in [0.4, 0.5) is 10.5 Å². The number of benzene rings is 1. The molecule has 1 aliphatic heterocycles. The highest BCUT2D eigenvalue weighted by Crippen LogP contribution is 2.32. The second-order valence-corrected chi connectivity index (χ2v) is 6.63. The number of urea groups is 1. The first kappa shape index (κ1) is 20.0. The van der Waals surface area contributed by atoms with Gasteiger partial charge in [-0.25, -0.2) is 4.79 Å². The third-order valence-electron chi connectivity index (χ3n) is 4.18. The number of nitrogens with one attached hydrogen (secondary N) is 2. The Kier molecular flexibility index (Phi) is 7.72. The van der Waals surface area contributed by atoms with E-state index in [9.17, 15) is 9.59 Å². The number of carbonyl (C=O) groups excluding carboxylic acids is 2. The van der Waals surface area contributed by atoms with Gasteiger partial charge in [-0.3, -0.25) is 15.0 Å². The van der Waals surface area contributed by atoms with Gasteiger partial charge in [0, 0.05) is 17.8 Å². The standard InChI is InChI=1S/C19H29N3O4/c1-4-5-6-9-22(14(2)3)13-18(23)21-19(24)20-15-7-8-16-17(12-15)26-11-10-25-16/h7-8,12,14H,4-6,9-11,13H2,1-3H3,(H2,20,21,23,24). The number of unbranched alkanes of at least 4 members (excludes halogenated alkanes) is 2. The molecule has 7 heteroatoms. The summed E-state index contributed by atoms with van der Waals surface area (Å²) in [6, 6.07) is 4.83. The van der Waals surface area contributed by atoms with E-state index in [-0.39, 0.29) is 18.5 Å². The topological polar surface area (TPSA) is 79.9 Å². The monoisotopic (exact) mass is 363 g/mol. The Balaban J connectivity index is 1.83. The minimum absolute atomic E-state index is 0.204. The van der Waals surface area contributed by atoms with Crippen molar-refractivity contribution < 1.29 is 19.1 Å². The average Bonchev–Trinajstić information content (AvgIpc) is 2.60. The number of ether oxygens (including phenoxy) is 2. The Hall–Kier alpha value is -2.28. The van der Waals surface area contributed by atoms with Crippen LogP contribution in [-0.4, -0.2) is 49.2 Å². The number of carbonyl (C=O) groups is 2. The van der Waals surface area contributed by atoms with Crippen LogP contribution in [0.1, 0.15) is 40.0 Å². The van der Waals surface area contributed by atoms with Crippen molar-refractivity contribution in [3.05, 3.63) is 18.2 Å². The lowest BCUT2D eigenvalue weighted by Crippen LogP contribution is -2.44. The van der Waals surface area contributed by atoms with E-state index >= 15 is 0 Å². The molecule has 0 unspecified atom stereocenters. The fourth-order valence-electron chi connectivity index (χ4n) is 2.72. The van der Waals surface area contributed by atoms with E-state index in [1.165, 1.54) is 0 Å². The molecule has 0 radical (unpaired) electrons. The summed E-state index contributed by atoms with van der Waals surface area (Å²) in [5.41, 5.74) is 0.545. The Bertz CT molecular complexity index is 619. The van der Waals surface area contributed by atoms with E-state index in [0.717, 1.165) is 25.8 Å². The molecule has 26 heavy (non-hydrogen) atoms. The van der Waals surface area contributed by atoms with Gasteiger partial charge in [-0.05, 0) is 38.9 Å². The largest absolute Gasteiger partial charge is 0.486 e. The van der Waals surface area contributed by atoms with Crippen molar-refractivity contribution >= 4 is 17.6 Å². The van der Waals surface area contributed by atoms with E-state index in [0.29, 0.717) is 30.4 Å². The van der Waals surface area contributed by atoms with Crippen LogP contribution in [0.5, 0.6) is 11.5 Å². The molecule has 7 nitrogen and oxygen atoms in total. The first-order valence-electron chi connectivity index (χ1n) is 9.24. The molecule has 0 aromatic heterocycles. The summed E-state index contributed by atoms with van der Waals surface area (Å²) in [6.07, 6.45) is 3.32. The molecule has 2 N–H and O–H groups in total. The highest BCUT2D eigenvalue weighted by molar-refractivity contribution is 6.01. The molecule has 1 aliphatic rings. The van der Waals surface area contributed by atoms with Gasteiger partial charge < -0.3 is 14.8 Å². The van der Waals surface area contributed by atoms with Crippen LogP contribution in [0.15, 0.2) is 18.2 Å². The van der Waals surface area contributed by atoms with Crippen LogP contribution in [0.2, 0.25) is 0 Å². The Labute approximate surface area is 155 Å². The molecule has 0 bridgehead atoms. The number of nitrogens with zero attached hydrogens (tertiary/aromatic N) is 1. The maximum atomic E-state index is 12.2. The first-order chi connectivity index (χ1) is 12.5. The molecule has 0 atom stereocenters. The molecule has 2 rings (SSSR count). The van der Waals surface area contributed by atoms with Crippen LogP contribution in [0.3, 0.4) is 0 Å². The average molecular weight is 363 g/mol. The number of rotatable bonds is 8. The fourth-order valence-corrected chi connectivity index (χ4v) is 2.72. The Morgan fingerprint density at radius 2 is 1.88 bits per heavy atom. The number of imide groups is 1. The Morgan fingerprint density at radius 3 is 2.58 bits per heavy atom. The second-order valence-electron chi connectivity index (χ2n) is 6.63. The van der Waals surface area contributed by atoms with Crippen molar-refractivity contribution in [3.8, 4) is 11.5 Å². The van der Waals surface area contributed by atoms with Gasteiger partial charge in [-0.15, -0.1) is 0 Å².